The first-order valence-corrected chi connectivity index (χ1v) is 4.70. The zero-order valence-electron chi connectivity index (χ0n) is 8.48. The minimum Gasteiger partial charge on any atom is -0.316 e. The van der Waals surface area contributed by atoms with Crippen LogP contribution in [0.1, 0.15) is 40.0 Å². The maximum Gasteiger partial charge on any atom is 0.0621 e. The van der Waals surface area contributed by atoms with Crippen LogP contribution in [0.15, 0.2) is 0 Å². The van der Waals surface area contributed by atoms with Crippen molar-refractivity contribution in [3.05, 3.63) is 0 Å². The maximum atomic E-state index is 8.43. The molecule has 0 amide bonds. The van der Waals surface area contributed by atoms with Gasteiger partial charge in [0.05, 0.1) is 6.07 Å². The molecule has 0 aliphatic heterocycles. The van der Waals surface area contributed by atoms with Crippen molar-refractivity contribution in [2.75, 3.05) is 13.1 Å². The molecule has 0 aromatic heterocycles. The van der Waals surface area contributed by atoms with Crippen LogP contribution in [0.25, 0.3) is 0 Å². The maximum absolute atomic E-state index is 8.43. The van der Waals surface area contributed by atoms with Gasteiger partial charge in [-0.05, 0) is 24.8 Å². The summed E-state index contributed by atoms with van der Waals surface area (Å²) < 4.78 is 0. The van der Waals surface area contributed by atoms with Gasteiger partial charge in [-0.15, -0.1) is 0 Å². The number of hydrogen-bond donors (Lipinski definition) is 1. The van der Waals surface area contributed by atoms with Crippen LogP contribution in [0.4, 0.5) is 0 Å². The fraction of sp³-hybridized carbons (Fsp3) is 0.900. The van der Waals surface area contributed by atoms with E-state index in [1.165, 1.54) is 6.42 Å². The highest BCUT2D eigenvalue weighted by Crippen LogP contribution is 2.20. The Labute approximate surface area is 76.0 Å². The lowest BCUT2D eigenvalue weighted by Crippen LogP contribution is -2.29. The Morgan fingerprint density at radius 1 is 1.42 bits per heavy atom. The quantitative estimate of drug-likeness (QED) is 0.618. The largest absolute Gasteiger partial charge is 0.316 e. The number of nitriles is 1. The van der Waals surface area contributed by atoms with Gasteiger partial charge in [0.25, 0.3) is 0 Å². The van der Waals surface area contributed by atoms with Crippen LogP contribution in [0.2, 0.25) is 0 Å². The highest BCUT2D eigenvalue weighted by molar-refractivity contribution is 4.78. The molecule has 12 heavy (non-hydrogen) atoms. The lowest BCUT2D eigenvalue weighted by atomic mass is 9.88. The lowest BCUT2D eigenvalue weighted by molar-refractivity contribution is 0.319. The van der Waals surface area contributed by atoms with Crippen LogP contribution in [-0.4, -0.2) is 13.1 Å². The summed E-state index contributed by atoms with van der Waals surface area (Å²) in [5, 5.41) is 11.8. The van der Waals surface area contributed by atoms with E-state index in [1.54, 1.807) is 0 Å². The molecule has 0 fully saturated rings. The summed E-state index contributed by atoms with van der Waals surface area (Å²) >= 11 is 0. The van der Waals surface area contributed by atoms with Crippen LogP contribution in [0.5, 0.6) is 0 Å². The van der Waals surface area contributed by atoms with Gasteiger partial charge in [-0.3, -0.25) is 0 Å². The molecule has 0 bridgehead atoms. The molecule has 0 heterocycles. The van der Waals surface area contributed by atoms with Gasteiger partial charge >= 0.3 is 0 Å². The Balaban J connectivity index is 3.50. The van der Waals surface area contributed by atoms with Gasteiger partial charge in [0.15, 0.2) is 0 Å². The molecule has 1 N–H and O–H groups in total. The van der Waals surface area contributed by atoms with Crippen LogP contribution >= 0.6 is 0 Å². The van der Waals surface area contributed by atoms with E-state index in [1.807, 2.05) is 0 Å². The number of rotatable bonds is 6. The Kier molecular flexibility index (Phi) is 5.74. The molecular weight excluding hydrogens is 148 g/mol. The molecule has 0 aliphatic carbocycles. The third-order valence-electron chi connectivity index (χ3n) is 1.94. The monoisotopic (exact) mass is 168 g/mol. The summed E-state index contributed by atoms with van der Waals surface area (Å²) in [7, 11) is 0. The van der Waals surface area contributed by atoms with Gasteiger partial charge < -0.3 is 5.32 Å². The number of hydrogen-bond acceptors (Lipinski definition) is 2. The minimum absolute atomic E-state index is 0.269. The predicted molar refractivity (Wildman–Crippen MR) is 51.8 cm³/mol. The average molecular weight is 168 g/mol. The molecule has 0 rings (SSSR count). The Bertz CT molecular complexity index is 144. The summed E-state index contributed by atoms with van der Waals surface area (Å²) in [4.78, 5) is 0. The normalized spacial score (nSPS) is 11.2. The van der Waals surface area contributed by atoms with Crippen molar-refractivity contribution in [3.8, 4) is 6.07 Å². The Hall–Kier alpha value is -0.550. The SMILES string of the molecule is CCCNCC(C)(C)CCC#N. The van der Waals surface area contributed by atoms with Gasteiger partial charge in [-0.1, -0.05) is 20.8 Å². The van der Waals surface area contributed by atoms with E-state index < -0.39 is 0 Å². The van der Waals surface area contributed by atoms with Crippen molar-refractivity contribution < 1.29 is 0 Å². The molecule has 2 nitrogen and oxygen atoms in total. The van der Waals surface area contributed by atoms with Crippen molar-refractivity contribution in [1.29, 1.82) is 5.26 Å². The molecule has 0 unspecified atom stereocenters. The van der Waals surface area contributed by atoms with Crippen molar-refractivity contribution >= 4 is 0 Å². The van der Waals surface area contributed by atoms with Crippen molar-refractivity contribution in [3.63, 3.8) is 0 Å². The fourth-order valence-corrected chi connectivity index (χ4v) is 1.09. The van der Waals surface area contributed by atoms with Gasteiger partial charge in [-0.2, -0.15) is 5.26 Å². The molecule has 2 heteroatoms. The van der Waals surface area contributed by atoms with Crippen molar-refractivity contribution in [2.24, 2.45) is 5.41 Å². The van der Waals surface area contributed by atoms with Gasteiger partial charge in [0.2, 0.25) is 0 Å². The molecule has 0 aliphatic rings. The summed E-state index contributed by atoms with van der Waals surface area (Å²) in [6.07, 6.45) is 2.83. The lowest BCUT2D eigenvalue weighted by Gasteiger charge is -2.23. The molecule has 0 radical (unpaired) electrons. The highest BCUT2D eigenvalue weighted by atomic mass is 14.9. The average Bonchev–Trinajstić information content (AvgIpc) is 2.01. The van der Waals surface area contributed by atoms with E-state index in [0.29, 0.717) is 6.42 Å². The Morgan fingerprint density at radius 2 is 2.08 bits per heavy atom. The van der Waals surface area contributed by atoms with E-state index in [9.17, 15) is 0 Å². The molecule has 70 valence electrons. The molecule has 0 atom stereocenters. The second kappa shape index (κ2) is 6.02. The fourth-order valence-electron chi connectivity index (χ4n) is 1.09. The molecule has 0 saturated carbocycles. The van der Waals surface area contributed by atoms with Crippen LogP contribution in [0, 0.1) is 16.7 Å². The summed E-state index contributed by atoms with van der Waals surface area (Å²) in [6, 6.07) is 2.19. The zero-order valence-corrected chi connectivity index (χ0v) is 8.48. The second-order valence-electron chi connectivity index (χ2n) is 4.00. The van der Waals surface area contributed by atoms with Crippen LogP contribution in [-0.2, 0) is 0 Å². The van der Waals surface area contributed by atoms with Crippen LogP contribution in [0.3, 0.4) is 0 Å². The standard InChI is InChI=1S/C10H20N2/c1-4-8-12-9-10(2,3)6-5-7-11/h12H,4-6,8-9H2,1-3H3. The molecule has 0 saturated heterocycles. The molecule has 0 aromatic carbocycles. The topological polar surface area (TPSA) is 35.8 Å². The Morgan fingerprint density at radius 3 is 2.58 bits per heavy atom. The first-order chi connectivity index (χ1) is 5.62. The third-order valence-corrected chi connectivity index (χ3v) is 1.94. The smallest absolute Gasteiger partial charge is 0.0621 e. The minimum atomic E-state index is 0.269. The zero-order chi connectivity index (χ0) is 9.45. The third kappa shape index (κ3) is 6.18. The number of nitrogens with zero attached hydrogens (tertiary/aromatic N) is 1. The molecular formula is C10H20N2. The number of nitrogens with one attached hydrogen (secondary N) is 1. The molecule has 0 aromatic rings. The van der Waals surface area contributed by atoms with E-state index in [2.05, 4.69) is 32.2 Å². The summed E-state index contributed by atoms with van der Waals surface area (Å²) in [5.41, 5.74) is 0.269. The van der Waals surface area contributed by atoms with E-state index in [-0.39, 0.29) is 5.41 Å². The second-order valence-corrected chi connectivity index (χ2v) is 4.00. The van der Waals surface area contributed by atoms with E-state index >= 15 is 0 Å². The van der Waals surface area contributed by atoms with Crippen molar-refractivity contribution in [2.45, 2.75) is 40.0 Å². The van der Waals surface area contributed by atoms with Crippen LogP contribution < -0.4 is 5.32 Å². The van der Waals surface area contributed by atoms with E-state index in [4.69, 9.17) is 5.26 Å². The first kappa shape index (κ1) is 11.4. The van der Waals surface area contributed by atoms with E-state index in [0.717, 1.165) is 19.5 Å². The van der Waals surface area contributed by atoms with Crippen molar-refractivity contribution in [1.82, 2.24) is 5.32 Å². The predicted octanol–water partition coefficient (Wildman–Crippen LogP) is 2.32. The van der Waals surface area contributed by atoms with Gasteiger partial charge in [0.1, 0.15) is 0 Å². The summed E-state index contributed by atoms with van der Waals surface area (Å²) in [5.74, 6) is 0. The first-order valence-electron chi connectivity index (χ1n) is 4.70. The highest BCUT2D eigenvalue weighted by Gasteiger charge is 2.15. The van der Waals surface area contributed by atoms with Gasteiger partial charge in [0, 0.05) is 13.0 Å². The van der Waals surface area contributed by atoms with Gasteiger partial charge in [-0.25, -0.2) is 0 Å². The molecule has 0 spiro atoms. The summed E-state index contributed by atoms with van der Waals surface area (Å²) in [6.45, 7) is 8.66.